The fraction of sp³-hybridized carbons (Fsp3) is 0.571. The minimum absolute atomic E-state index is 0.165. The molecule has 0 aliphatic carbocycles. The third-order valence-corrected chi connectivity index (χ3v) is 2.79. The molecule has 5 nitrogen and oxygen atoms in total. The highest BCUT2D eigenvalue weighted by molar-refractivity contribution is 5.24. The van der Waals surface area contributed by atoms with Gasteiger partial charge in [0.2, 0.25) is 0 Å². The second-order valence-corrected chi connectivity index (χ2v) is 4.34. The Morgan fingerprint density at radius 2 is 1.68 bits per heavy atom. The van der Waals surface area contributed by atoms with Crippen molar-refractivity contribution in [2.24, 2.45) is 5.73 Å². The summed E-state index contributed by atoms with van der Waals surface area (Å²) in [5, 5.41) is 9.46. The van der Waals surface area contributed by atoms with Crippen LogP contribution < -0.4 is 5.73 Å². The largest absolute Gasteiger partial charge is 0.394 e. The summed E-state index contributed by atoms with van der Waals surface area (Å²) in [6.45, 7) is 2.13. The Labute approximate surface area is 114 Å². The third kappa shape index (κ3) is 5.67. The summed E-state index contributed by atoms with van der Waals surface area (Å²) in [6, 6.07) is 9.45. The molecule has 0 heterocycles. The maximum Gasteiger partial charge on any atom is 0.0881 e. The molecule has 0 saturated heterocycles. The first-order valence-electron chi connectivity index (χ1n) is 6.32. The molecule has 0 aliphatic rings. The molecule has 5 heteroatoms. The summed E-state index contributed by atoms with van der Waals surface area (Å²) in [5.41, 5.74) is 6.14. The highest BCUT2D eigenvalue weighted by atomic mass is 16.5. The van der Waals surface area contributed by atoms with Crippen molar-refractivity contribution < 1.29 is 19.3 Å². The van der Waals surface area contributed by atoms with E-state index in [1.165, 1.54) is 0 Å². The van der Waals surface area contributed by atoms with Crippen LogP contribution in [0.4, 0.5) is 0 Å². The van der Waals surface area contributed by atoms with E-state index in [4.69, 9.17) is 19.9 Å². The van der Waals surface area contributed by atoms with E-state index in [-0.39, 0.29) is 13.2 Å². The Morgan fingerprint density at radius 1 is 1.05 bits per heavy atom. The van der Waals surface area contributed by atoms with Crippen LogP contribution in [-0.4, -0.2) is 51.9 Å². The van der Waals surface area contributed by atoms with Gasteiger partial charge in [-0.15, -0.1) is 0 Å². The number of rotatable bonds is 10. The molecule has 1 atom stereocenters. The van der Waals surface area contributed by atoms with Gasteiger partial charge in [-0.2, -0.15) is 0 Å². The van der Waals surface area contributed by atoms with Gasteiger partial charge in [0.05, 0.1) is 45.2 Å². The van der Waals surface area contributed by atoms with Crippen LogP contribution in [0.15, 0.2) is 30.3 Å². The van der Waals surface area contributed by atoms with Gasteiger partial charge < -0.3 is 25.1 Å². The topological polar surface area (TPSA) is 73.9 Å². The first kappa shape index (κ1) is 16.1. The number of ether oxygens (including phenoxy) is 3. The molecule has 0 aromatic heterocycles. The molecular formula is C14H23NO4. The summed E-state index contributed by atoms with van der Waals surface area (Å²) < 4.78 is 15.6. The highest BCUT2D eigenvalue weighted by Crippen LogP contribution is 2.17. The molecule has 1 rings (SSSR count). The summed E-state index contributed by atoms with van der Waals surface area (Å²) >= 11 is 0. The van der Waals surface area contributed by atoms with Crippen molar-refractivity contribution in [1.29, 1.82) is 0 Å². The molecule has 1 unspecified atom stereocenters. The molecule has 3 N–H and O–H groups in total. The lowest BCUT2D eigenvalue weighted by atomic mass is 9.93. The van der Waals surface area contributed by atoms with Crippen molar-refractivity contribution in [3.05, 3.63) is 35.9 Å². The number of hydrogen-bond acceptors (Lipinski definition) is 5. The molecule has 1 aromatic carbocycles. The SMILES string of the molecule is COCCOCCOCC(N)(CO)c1ccccc1. The van der Waals surface area contributed by atoms with Crippen LogP contribution in [0.5, 0.6) is 0 Å². The monoisotopic (exact) mass is 269 g/mol. The molecule has 108 valence electrons. The van der Waals surface area contributed by atoms with Crippen LogP contribution in [0.1, 0.15) is 5.56 Å². The van der Waals surface area contributed by atoms with Crippen molar-refractivity contribution in [3.8, 4) is 0 Å². The second kappa shape index (κ2) is 9.01. The molecule has 1 aromatic rings. The van der Waals surface area contributed by atoms with Gasteiger partial charge in [-0.3, -0.25) is 0 Å². The Kier molecular flexibility index (Phi) is 7.62. The Bertz CT molecular complexity index is 333. The quantitative estimate of drug-likeness (QED) is 0.606. The lowest BCUT2D eigenvalue weighted by molar-refractivity contribution is 0.00167. The van der Waals surface area contributed by atoms with Gasteiger partial charge in [-0.1, -0.05) is 30.3 Å². The normalized spacial score (nSPS) is 14.3. The molecule has 0 bridgehead atoms. The standard InChI is InChI=1S/C14H23NO4/c1-17-7-8-18-9-10-19-12-14(15,11-16)13-5-3-2-4-6-13/h2-6,16H,7-12,15H2,1H3. The lowest BCUT2D eigenvalue weighted by Gasteiger charge is -2.27. The molecular weight excluding hydrogens is 246 g/mol. The molecule has 0 fully saturated rings. The van der Waals surface area contributed by atoms with E-state index < -0.39 is 5.54 Å². The number of aliphatic hydroxyl groups excluding tert-OH is 1. The van der Waals surface area contributed by atoms with Gasteiger partial charge in [-0.05, 0) is 5.56 Å². The summed E-state index contributed by atoms with van der Waals surface area (Å²) in [7, 11) is 1.63. The fourth-order valence-corrected chi connectivity index (χ4v) is 1.61. The molecule has 0 amide bonds. The maximum atomic E-state index is 9.46. The lowest BCUT2D eigenvalue weighted by Crippen LogP contribution is -2.45. The van der Waals surface area contributed by atoms with Crippen molar-refractivity contribution >= 4 is 0 Å². The predicted octanol–water partition coefficient (Wildman–Crippen LogP) is 0.513. The van der Waals surface area contributed by atoms with Gasteiger partial charge in [0.25, 0.3) is 0 Å². The third-order valence-electron chi connectivity index (χ3n) is 2.79. The van der Waals surface area contributed by atoms with Gasteiger partial charge >= 0.3 is 0 Å². The van der Waals surface area contributed by atoms with Crippen LogP contribution in [0, 0.1) is 0 Å². The molecule has 0 aliphatic heterocycles. The van der Waals surface area contributed by atoms with Crippen molar-refractivity contribution in [3.63, 3.8) is 0 Å². The average Bonchev–Trinajstić information content (AvgIpc) is 2.47. The second-order valence-electron chi connectivity index (χ2n) is 4.34. The molecule has 0 saturated carbocycles. The zero-order valence-electron chi connectivity index (χ0n) is 11.4. The predicted molar refractivity (Wildman–Crippen MR) is 72.9 cm³/mol. The number of nitrogens with two attached hydrogens (primary N) is 1. The van der Waals surface area contributed by atoms with E-state index >= 15 is 0 Å². The van der Waals surface area contributed by atoms with Gasteiger partial charge in [0, 0.05) is 7.11 Å². The fourth-order valence-electron chi connectivity index (χ4n) is 1.61. The number of benzene rings is 1. The van der Waals surface area contributed by atoms with Gasteiger partial charge in [0.15, 0.2) is 0 Å². The van der Waals surface area contributed by atoms with E-state index in [1.54, 1.807) is 7.11 Å². The Morgan fingerprint density at radius 3 is 2.32 bits per heavy atom. The highest BCUT2D eigenvalue weighted by Gasteiger charge is 2.26. The van der Waals surface area contributed by atoms with Gasteiger partial charge in [0.1, 0.15) is 0 Å². The van der Waals surface area contributed by atoms with Crippen LogP contribution in [0.25, 0.3) is 0 Å². The number of hydrogen-bond donors (Lipinski definition) is 2. The summed E-state index contributed by atoms with van der Waals surface area (Å²) in [4.78, 5) is 0. The maximum absolute atomic E-state index is 9.46. The van der Waals surface area contributed by atoms with E-state index in [0.29, 0.717) is 26.4 Å². The van der Waals surface area contributed by atoms with Crippen LogP contribution in [-0.2, 0) is 19.7 Å². The Balaban J connectivity index is 2.29. The number of methoxy groups -OCH3 is 1. The minimum Gasteiger partial charge on any atom is -0.394 e. The molecule has 0 radical (unpaired) electrons. The first-order valence-corrected chi connectivity index (χ1v) is 6.32. The van der Waals surface area contributed by atoms with Crippen molar-refractivity contribution in [1.82, 2.24) is 0 Å². The van der Waals surface area contributed by atoms with Crippen LogP contribution in [0.2, 0.25) is 0 Å². The summed E-state index contributed by atoms with van der Waals surface area (Å²) in [6.07, 6.45) is 0. The first-order chi connectivity index (χ1) is 9.23. The molecule has 0 spiro atoms. The van der Waals surface area contributed by atoms with Crippen LogP contribution in [0.3, 0.4) is 0 Å². The smallest absolute Gasteiger partial charge is 0.0881 e. The zero-order valence-corrected chi connectivity index (χ0v) is 11.4. The van der Waals surface area contributed by atoms with Crippen molar-refractivity contribution in [2.75, 3.05) is 46.8 Å². The Hall–Kier alpha value is -0.980. The number of aliphatic hydroxyl groups is 1. The van der Waals surface area contributed by atoms with E-state index in [2.05, 4.69) is 0 Å². The van der Waals surface area contributed by atoms with E-state index in [1.807, 2.05) is 30.3 Å². The average molecular weight is 269 g/mol. The van der Waals surface area contributed by atoms with E-state index in [9.17, 15) is 5.11 Å². The van der Waals surface area contributed by atoms with Crippen LogP contribution >= 0.6 is 0 Å². The van der Waals surface area contributed by atoms with Gasteiger partial charge in [-0.25, -0.2) is 0 Å². The van der Waals surface area contributed by atoms with E-state index in [0.717, 1.165) is 5.56 Å². The molecule has 19 heavy (non-hydrogen) atoms. The van der Waals surface area contributed by atoms with Crippen molar-refractivity contribution in [2.45, 2.75) is 5.54 Å². The summed E-state index contributed by atoms with van der Waals surface area (Å²) in [5.74, 6) is 0. The minimum atomic E-state index is -0.867. The zero-order chi connectivity index (χ0) is 14.0.